The molecule has 1 saturated heterocycles. The highest BCUT2D eigenvalue weighted by molar-refractivity contribution is 6.02. The average molecular weight is 679 g/mol. The summed E-state index contributed by atoms with van der Waals surface area (Å²) in [6.07, 6.45) is -1.00. The Bertz CT molecular complexity index is 2050. The molecule has 2 heterocycles. The molecule has 1 fully saturated rings. The number of carbonyl (C=O) groups is 3. The van der Waals surface area contributed by atoms with Crippen LogP contribution in [0.2, 0.25) is 0 Å². The van der Waals surface area contributed by atoms with Crippen molar-refractivity contribution in [3.05, 3.63) is 107 Å². The van der Waals surface area contributed by atoms with Gasteiger partial charge in [0.05, 0.1) is 42.3 Å². The van der Waals surface area contributed by atoms with E-state index in [0.717, 1.165) is 22.3 Å². The summed E-state index contributed by atoms with van der Waals surface area (Å²) in [5.41, 5.74) is 7.90. The van der Waals surface area contributed by atoms with Crippen LogP contribution in [0, 0.1) is 5.41 Å². The monoisotopic (exact) mass is 678 g/mol. The summed E-state index contributed by atoms with van der Waals surface area (Å²) in [7, 11) is 1.48. The number of hydrogen-bond acceptors (Lipinski definition) is 10. The van der Waals surface area contributed by atoms with Crippen LogP contribution in [0.1, 0.15) is 60.9 Å². The molecule has 6 rings (SSSR count). The van der Waals surface area contributed by atoms with Gasteiger partial charge in [0.2, 0.25) is 0 Å². The first-order valence-electron chi connectivity index (χ1n) is 16.1. The molecule has 0 saturated carbocycles. The molecule has 12 heteroatoms. The van der Waals surface area contributed by atoms with Crippen molar-refractivity contribution >= 4 is 29.1 Å². The van der Waals surface area contributed by atoms with Crippen LogP contribution in [0.15, 0.2) is 84.9 Å². The summed E-state index contributed by atoms with van der Waals surface area (Å²) in [5.74, 6) is -0.296. The van der Waals surface area contributed by atoms with E-state index in [1.807, 2.05) is 66.1 Å². The quantitative estimate of drug-likeness (QED) is 0.114. The van der Waals surface area contributed by atoms with Gasteiger partial charge < -0.3 is 23.8 Å². The van der Waals surface area contributed by atoms with Gasteiger partial charge in [-0.3, -0.25) is 14.7 Å². The van der Waals surface area contributed by atoms with E-state index in [9.17, 15) is 14.4 Å². The fourth-order valence-electron chi connectivity index (χ4n) is 5.50. The minimum Gasteiger partial charge on any atom is -0.493 e. The molecule has 0 aliphatic carbocycles. The van der Waals surface area contributed by atoms with E-state index >= 15 is 0 Å². The van der Waals surface area contributed by atoms with Crippen molar-refractivity contribution in [2.75, 3.05) is 13.7 Å². The third-order valence-electron chi connectivity index (χ3n) is 8.05. The van der Waals surface area contributed by atoms with Gasteiger partial charge in [0.15, 0.2) is 11.5 Å². The summed E-state index contributed by atoms with van der Waals surface area (Å²) in [4.78, 5) is 47.2. The van der Waals surface area contributed by atoms with Crippen molar-refractivity contribution in [1.82, 2.24) is 20.3 Å². The molecule has 1 amide bonds. The molecule has 12 nitrogen and oxygen atoms in total. The Labute approximate surface area is 289 Å². The van der Waals surface area contributed by atoms with Crippen LogP contribution in [0.25, 0.3) is 22.2 Å². The van der Waals surface area contributed by atoms with E-state index in [2.05, 4.69) is 15.8 Å². The molecule has 0 radical (unpaired) electrons. The molecule has 1 aromatic heterocycles. The highest BCUT2D eigenvalue weighted by atomic mass is 16.7. The molecule has 1 aliphatic rings. The minimum absolute atomic E-state index is 0.0410. The Morgan fingerprint density at radius 1 is 0.940 bits per heavy atom. The number of esters is 2. The molecule has 1 aliphatic heterocycles. The SMILES string of the molecule is CCOc1nc2cccc(C(=O)OCc3ccc(OC(=O)C(C)(C)C)c(OC)c3)c2n1Cc1ccc(-c2ccccc2C2NOC(=O)N2)cc1. The van der Waals surface area contributed by atoms with Gasteiger partial charge in [-0.2, -0.15) is 4.98 Å². The normalized spacial score (nSPS) is 14.2. The Morgan fingerprint density at radius 3 is 2.40 bits per heavy atom. The molecule has 258 valence electrons. The van der Waals surface area contributed by atoms with Crippen LogP contribution in [-0.4, -0.2) is 41.3 Å². The molecule has 2 N–H and O–H groups in total. The van der Waals surface area contributed by atoms with Gasteiger partial charge >= 0.3 is 18.0 Å². The number of nitrogens with one attached hydrogen (secondary N) is 2. The fourth-order valence-corrected chi connectivity index (χ4v) is 5.50. The first kappa shape index (κ1) is 34.0. The number of amides is 1. The van der Waals surface area contributed by atoms with Crippen molar-refractivity contribution in [3.63, 3.8) is 0 Å². The third-order valence-corrected chi connectivity index (χ3v) is 8.05. The van der Waals surface area contributed by atoms with Crippen LogP contribution in [0.4, 0.5) is 4.79 Å². The number of aromatic nitrogens is 2. The van der Waals surface area contributed by atoms with Gasteiger partial charge in [0.25, 0.3) is 6.01 Å². The number of benzene rings is 4. The zero-order valence-corrected chi connectivity index (χ0v) is 28.4. The maximum absolute atomic E-state index is 13.6. The first-order valence-corrected chi connectivity index (χ1v) is 16.1. The number of rotatable bonds is 11. The van der Waals surface area contributed by atoms with Crippen molar-refractivity contribution in [3.8, 4) is 28.6 Å². The Hall–Kier alpha value is -5.88. The molecule has 0 bridgehead atoms. The number of ether oxygens (including phenoxy) is 4. The second-order valence-electron chi connectivity index (χ2n) is 12.7. The average Bonchev–Trinajstić information content (AvgIpc) is 3.70. The number of methoxy groups -OCH3 is 1. The summed E-state index contributed by atoms with van der Waals surface area (Å²) < 4.78 is 24.5. The van der Waals surface area contributed by atoms with Crippen LogP contribution < -0.4 is 25.0 Å². The van der Waals surface area contributed by atoms with Gasteiger partial charge in [-0.15, -0.1) is 5.48 Å². The largest absolute Gasteiger partial charge is 0.493 e. The van der Waals surface area contributed by atoms with Crippen molar-refractivity contribution in [2.24, 2.45) is 5.41 Å². The van der Waals surface area contributed by atoms with Crippen LogP contribution in [-0.2, 0) is 27.5 Å². The zero-order chi connectivity index (χ0) is 35.4. The summed E-state index contributed by atoms with van der Waals surface area (Å²) in [5, 5.41) is 2.75. The fraction of sp³-hybridized carbons (Fsp3) is 0.263. The highest BCUT2D eigenvalue weighted by Crippen LogP contribution is 2.33. The Kier molecular flexibility index (Phi) is 9.73. The van der Waals surface area contributed by atoms with Crippen molar-refractivity contribution in [1.29, 1.82) is 0 Å². The van der Waals surface area contributed by atoms with Gasteiger partial charge in [-0.25, -0.2) is 9.59 Å². The van der Waals surface area contributed by atoms with Gasteiger partial charge in [-0.1, -0.05) is 60.7 Å². The highest BCUT2D eigenvalue weighted by Gasteiger charge is 2.27. The lowest BCUT2D eigenvalue weighted by Crippen LogP contribution is -2.25. The van der Waals surface area contributed by atoms with E-state index in [-0.39, 0.29) is 12.4 Å². The smallest absolute Gasteiger partial charge is 0.427 e. The summed E-state index contributed by atoms with van der Waals surface area (Å²) in [6, 6.07) is 26.4. The maximum Gasteiger partial charge on any atom is 0.427 e. The standard InChI is InChI=1S/C38H38N4O8/c1-6-47-36-39-29-13-9-12-28(34(43)48-22-24-16-19-30(31(20-24)46-5)49-35(44)38(2,3)4)32(29)42(36)21-23-14-17-25(18-15-23)26-10-7-8-11-27(26)33-40-37(45)50-41-33/h7-20,33,41H,6,21-22H2,1-5H3,(H,40,45). The molecule has 4 aromatic carbocycles. The lowest BCUT2D eigenvalue weighted by Gasteiger charge is -2.18. The second-order valence-corrected chi connectivity index (χ2v) is 12.7. The number of fused-ring (bicyclic) bond motifs is 1. The Morgan fingerprint density at radius 2 is 1.70 bits per heavy atom. The van der Waals surface area contributed by atoms with Gasteiger partial charge in [0, 0.05) is 0 Å². The van der Waals surface area contributed by atoms with Crippen molar-refractivity contribution in [2.45, 2.75) is 47.0 Å². The minimum atomic E-state index is -0.686. The summed E-state index contributed by atoms with van der Waals surface area (Å²) in [6.45, 7) is 7.90. The molecule has 1 unspecified atom stereocenters. The summed E-state index contributed by atoms with van der Waals surface area (Å²) >= 11 is 0. The van der Waals surface area contributed by atoms with Crippen LogP contribution >= 0.6 is 0 Å². The third kappa shape index (κ3) is 7.25. The van der Waals surface area contributed by atoms with E-state index < -0.39 is 29.6 Å². The predicted octanol–water partition coefficient (Wildman–Crippen LogP) is 6.71. The number of para-hydroxylation sites is 1. The van der Waals surface area contributed by atoms with Crippen LogP contribution in [0.5, 0.6) is 17.5 Å². The predicted molar refractivity (Wildman–Crippen MR) is 185 cm³/mol. The number of imidazole rings is 1. The molecule has 0 spiro atoms. The van der Waals surface area contributed by atoms with Crippen LogP contribution in [0.3, 0.4) is 0 Å². The topological polar surface area (TPSA) is 139 Å². The molecular weight excluding hydrogens is 640 g/mol. The number of nitrogens with zero attached hydrogens (tertiary/aromatic N) is 2. The zero-order valence-electron chi connectivity index (χ0n) is 28.4. The molecule has 1 atom stereocenters. The molecular formula is C38H38N4O8. The first-order chi connectivity index (χ1) is 24.0. The van der Waals surface area contributed by atoms with E-state index in [0.29, 0.717) is 47.1 Å². The van der Waals surface area contributed by atoms with E-state index in [1.165, 1.54) is 7.11 Å². The number of carbonyl (C=O) groups excluding carboxylic acids is 3. The number of hydroxylamine groups is 1. The van der Waals surface area contributed by atoms with Gasteiger partial charge in [0.1, 0.15) is 12.8 Å². The van der Waals surface area contributed by atoms with Crippen molar-refractivity contribution < 1.29 is 38.2 Å². The lowest BCUT2D eigenvalue weighted by molar-refractivity contribution is -0.143. The Balaban J connectivity index is 1.23. The molecule has 50 heavy (non-hydrogen) atoms. The lowest BCUT2D eigenvalue weighted by atomic mass is 9.97. The molecule has 5 aromatic rings. The number of hydrogen-bond donors (Lipinski definition) is 2. The van der Waals surface area contributed by atoms with E-state index in [1.54, 1.807) is 51.1 Å². The maximum atomic E-state index is 13.6. The second kappa shape index (κ2) is 14.3. The van der Waals surface area contributed by atoms with E-state index in [4.69, 9.17) is 23.8 Å². The van der Waals surface area contributed by atoms with Gasteiger partial charge in [-0.05, 0) is 79.8 Å².